The molecule has 1 fully saturated rings. The van der Waals surface area contributed by atoms with E-state index in [9.17, 15) is 4.79 Å². The molecule has 1 aliphatic heterocycles. The first-order valence-electron chi connectivity index (χ1n) is 6.36. The van der Waals surface area contributed by atoms with Crippen molar-refractivity contribution in [2.45, 2.75) is 18.4 Å². The van der Waals surface area contributed by atoms with Crippen molar-refractivity contribution in [3.05, 3.63) is 30.2 Å². The van der Waals surface area contributed by atoms with Gasteiger partial charge in [-0.25, -0.2) is 0 Å². The number of hydrogen-bond acceptors (Lipinski definition) is 4. The maximum absolute atomic E-state index is 11.7. The first-order chi connectivity index (χ1) is 9.24. The highest BCUT2D eigenvalue weighted by atomic mass is 32.2. The van der Waals surface area contributed by atoms with Crippen LogP contribution >= 0.6 is 11.8 Å². The summed E-state index contributed by atoms with van der Waals surface area (Å²) in [5, 5.41) is 2.90. The van der Waals surface area contributed by atoms with Gasteiger partial charge in [-0.2, -0.15) is 11.8 Å². The van der Waals surface area contributed by atoms with E-state index in [1.807, 2.05) is 11.8 Å². The first-order valence-corrected chi connectivity index (χ1v) is 7.52. The third-order valence-electron chi connectivity index (χ3n) is 3.36. The lowest BCUT2D eigenvalue weighted by Gasteiger charge is -2.35. The highest BCUT2D eigenvalue weighted by Gasteiger charge is 2.32. The number of ether oxygens (including phenoxy) is 1. The standard InChI is InChI=1S/C14H19NO3S/c1-17-14(6-9-19-10-7-14)11-15-13(16)5-4-12-3-2-8-18-12/h2-5,8H,6-7,9-11H2,1H3,(H,15,16)/b5-4+. The monoisotopic (exact) mass is 281 g/mol. The van der Waals surface area contributed by atoms with E-state index in [0.717, 1.165) is 24.3 Å². The van der Waals surface area contributed by atoms with Crippen LogP contribution in [0, 0.1) is 0 Å². The molecular weight excluding hydrogens is 262 g/mol. The van der Waals surface area contributed by atoms with Gasteiger partial charge in [-0.3, -0.25) is 4.79 Å². The van der Waals surface area contributed by atoms with Crippen LogP contribution in [0.4, 0.5) is 0 Å². The number of amides is 1. The summed E-state index contributed by atoms with van der Waals surface area (Å²) in [5.41, 5.74) is -0.195. The summed E-state index contributed by atoms with van der Waals surface area (Å²) in [6.45, 7) is 0.561. The molecule has 1 aromatic heterocycles. The lowest BCUT2D eigenvalue weighted by molar-refractivity contribution is -0.118. The fraction of sp³-hybridized carbons (Fsp3) is 0.500. The van der Waals surface area contributed by atoms with E-state index < -0.39 is 0 Å². The molecule has 104 valence electrons. The Hall–Kier alpha value is -1.20. The molecule has 0 aromatic carbocycles. The molecule has 0 aliphatic carbocycles. The van der Waals surface area contributed by atoms with Gasteiger partial charge in [0.15, 0.2) is 0 Å². The molecule has 1 saturated heterocycles. The molecular formula is C14H19NO3S. The summed E-state index contributed by atoms with van der Waals surface area (Å²) in [6, 6.07) is 3.59. The minimum atomic E-state index is -0.195. The molecule has 19 heavy (non-hydrogen) atoms. The van der Waals surface area contributed by atoms with Crippen LogP contribution in [0.1, 0.15) is 18.6 Å². The highest BCUT2D eigenvalue weighted by molar-refractivity contribution is 7.99. The number of rotatable bonds is 5. The van der Waals surface area contributed by atoms with E-state index in [1.54, 1.807) is 31.6 Å². The van der Waals surface area contributed by atoms with E-state index in [0.29, 0.717) is 12.3 Å². The zero-order valence-corrected chi connectivity index (χ0v) is 11.9. The van der Waals surface area contributed by atoms with E-state index in [1.165, 1.54) is 6.08 Å². The number of carbonyl (C=O) groups excluding carboxylic acids is 1. The van der Waals surface area contributed by atoms with Crippen LogP contribution in [0.5, 0.6) is 0 Å². The topological polar surface area (TPSA) is 51.5 Å². The quantitative estimate of drug-likeness (QED) is 0.842. The van der Waals surface area contributed by atoms with Crippen LogP contribution in [-0.4, -0.2) is 36.7 Å². The van der Waals surface area contributed by atoms with Crippen molar-refractivity contribution in [2.24, 2.45) is 0 Å². The normalized spacial score (nSPS) is 18.6. The second-order valence-corrected chi connectivity index (χ2v) is 5.79. The Morgan fingerprint density at radius 2 is 2.37 bits per heavy atom. The van der Waals surface area contributed by atoms with Crippen LogP contribution in [0.15, 0.2) is 28.9 Å². The maximum atomic E-state index is 11.7. The Balaban J connectivity index is 1.82. The molecule has 0 atom stereocenters. The Kier molecular flexibility index (Phi) is 5.10. The van der Waals surface area contributed by atoms with E-state index in [4.69, 9.17) is 9.15 Å². The van der Waals surface area contributed by atoms with Crippen LogP contribution in [-0.2, 0) is 9.53 Å². The number of nitrogens with one attached hydrogen (secondary N) is 1. The van der Waals surface area contributed by atoms with Crippen molar-refractivity contribution in [1.29, 1.82) is 0 Å². The molecule has 0 unspecified atom stereocenters. The number of methoxy groups -OCH3 is 1. The predicted octanol–water partition coefficient (Wildman–Crippen LogP) is 2.32. The van der Waals surface area contributed by atoms with Crippen molar-refractivity contribution >= 4 is 23.7 Å². The van der Waals surface area contributed by atoms with Gasteiger partial charge in [-0.05, 0) is 42.6 Å². The van der Waals surface area contributed by atoms with Crippen molar-refractivity contribution in [3.63, 3.8) is 0 Å². The molecule has 0 spiro atoms. The molecule has 1 N–H and O–H groups in total. The van der Waals surface area contributed by atoms with Crippen LogP contribution in [0.3, 0.4) is 0 Å². The van der Waals surface area contributed by atoms with Gasteiger partial charge in [0, 0.05) is 19.7 Å². The van der Waals surface area contributed by atoms with Gasteiger partial charge in [0.25, 0.3) is 0 Å². The van der Waals surface area contributed by atoms with Gasteiger partial charge < -0.3 is 14.5 Å². The molecule has 2 heterocycles. The zero-order valence-electron chi connectivity index (χ0n) is 11.1. The number of furan rings is 1. The highest BCUT2D eigenvalue weighted by Crippen LogP contribution is 2.29. The van der Waals surface area contributed by atoms with Crippen LogP contribution in [0.25, 0.3) is 6.08 Å². The molecule has 5 heteroatoms. The molecule has 2 rings (SSSR count). The molecule has 0 radical (unpaired) electrons. The second-order valence-electron chi connectivity index (χ2n) is 4.57. The minimum absolute atomic E-state index is 0.119. The van der Waals surface area contributed by atoms with Gasteiger partial charge in [0.05, 0.1) is 11.9 Å². The molecule has 1 aromatic rings. The van der Waals surface area contributed by atoms with Gasteiger partial charge in [-0.1, -0.05) is 0 Å². The second kappa shape index (κ2) is 6.82. The fourth-order valence-corrected chi connectivity index (χ4v) is 3.28. The molecule has 1 aliphatic rings. The minimum Gasteiger partial charge on any atom is -0.465 e. The SMILES string of the molecule is COC1(CNC(=O)/C=C/c2ccco2)CCSCC1. The molecule has 0 bridgehead atoms. The fourth-order valence-electron chi connectivity index (χ4n) is 2.05. The van der Waals surface area contributed by atoms with Crippen LogP contribution < -0.4 is 5.32 Å². The maximum Gasteiger partial charge on any atom is 0.244 e. The average molecular weight is 281 g/mol. The van der Waals surface area contributed by atoms with Crippen molar-refractivity contribution in [1.82, 2.24) is 5.32 Å². The summed E-state index contributed by atoms with van der Waals surface area (Å²) < 4.78 is 10.7. The summed E-state index contributed by atoms with van der Waals surface area (Å²) in [5.74, 6) is 2.73. The largest absolute Gasteiger partial charge is 0.465 e. The van der Waals surface area contributed by atoms with Crippen molar-refractivity contribution < 1.29 is 13.9 Å². The van der Waals surface area contributed by atoms with Crippen molar-refractivity contribution in [2.75, 3.05) is 25.2 Å². The summed E-state index contributed by atoms with van der Waals surface area (Å²) >= 11 is 1.94. The van der Waals surface area contributed by atoms with Gasteiger partial charge in [0.2, 0.25) is 5.91 Å². The van der Waals surface area contributed by atoms with Gasteiger partial charge in [0.1, 0.15) is 5.76 Å². The smallest absolute Gasteiger partial charge is 0.244 e. The van der Waals surface area contributed by atoms with Gasteiger partial charge in [-0.15, -0.1) is 0 Å². The lowest BCUT2D eigenvalue weighted by atomic mass is 9.96. The summed E-state index contributed by atoms with van der Waals surface area (Å²) in [4.78, 5) is 11.7. The third kappa shape index (κ3) is 4.14. The van der Waals surface area contributed by atoms with E-state index in [-0.39, 0.29) is 11.5 Å². The molecule has 1 amide bonds. The average Bonchev–Trinajstić information content (AvgIpc) is 2.97. The molecule has 4 nitrogen and oxygen atoms in total. The summed E-state index contributed by atoms with van der Waals surface area (Å²) in [6.07, 6.45) is 6.69. The Morgan fingerprint density at radius 3 is 3.00 bits per heavy atom. The first kappa shape index (κ1) is 14.2. The van der Waals surface area contributed by atoms with E-state index >= 15 is 0 Å². The molecule has 0 saturated carbocycles. The van der Waals surface area contributed by atoms with Gasteiger partial charge >= 0.3 is 0 Å². The Labute approximate surface area is 117 Å². The Morgan fingerprint density at radius 1 is 1.58 bits per heavy atom. The number of hydrogen-bond donors (Lipinski definition) is 1. The van der Waals surface area contributed by atoms with Crippen LogP contribution in [0.2, 0.25) is 0 Å². The Bertz CT molecular complexity index is 422. The summed E-state index contributed by atoms with van der Waals surface area (Å²) in [7, 11) is 1.72. The third-order valence-corrected chi connectivity index (χ3v) is 4.35. The number of carbonyl (C=O) groups is 1. The zero-order chi connectivity index (χ0) is 13.6. The lowest BCUT2D eigenvalue weighted by Crippen LogP contribution is -2.46. The predicted molar refractivity (Wildman–Crippen MR) is 77.1 cm³/mol. The number of thioether (sulfide) groups is 1. The van der Waals surface area contributed by atoms with Crippen molar-refractivity contribution in [3.8, 4) is 0 Å². The van der Waals surface area contributed by atoms with E-state index in [2.05, 4.69) is 5.32 Å².